The van der Waals surface area contributed by atoms with E-state index in [0.717, 1.165) is 25.3 Å². The second-order valence-corrected chi connectivity index (χ2v) is 9.82. The highest BCUT2D eigenvalue weighted by molar-refractivity contribution is 6.01. The highest BCUT2D eigenvalue weighted by Gasteiger charge is 2.48. The number of benzene rings is 1. The molecule has 4 N–H and O–H groups in total. The van der Waals surface area contributed by atoms with Gasteiger partial charge in [0.2, 0.25) is 11.8 Å². The minimum absolute atomic E-state index is 0.0772. The molecule has 5 rings (SSSR count). The number of amides is 2. The van der Waals surface area contributed by atoms with Crippen molar-refractivity contribution in [1.82, 2.24) is 20.2 Å². The third-order valence-electron chi connectivity index (χ3n) is 7.33. The number of aromatic nitrogens is 2. The van der Waals surface area contributed by atoms with Gasteiger partial charge in [-0.25, -0.2) is 9.97 Å². The Morgan fingerprint density at radius 2 is 1.90 bits per heavy atom. The summed E-state index contributed by atoms with van der Waals surface area (Å²) in [6.07, 6.45) is -1.11. The number of rotatable bonds is 7. The van der Waals surface area contributed by atoms with E-state index in [-0.39, 0.29) is 45.5 Å². The number of carbonyl (C=O) groups is 2. The van der Waals surface area contributed by atoms with Crippen molar-refractivity contribution in [2.24, 2.45) is 5.73 Å². The number of ether oxygens (including phenoxy) is 1. The van der Waals surface area contributed by atoms with Gasteiger partial charge in [-0.05, 0) is 56.4 Å². The fraction of sp³-hybridized carbons (Fsp3) is 0.462. The van der Waals surface area contributed by atoms with E-state index >= 15 is 0 Å². The molecule has 2 aliphatic rings. The van der Waals surface area contributed by atoms with Crippen molar-refractivity contribution < 1.29 is 37.0 Å². The molecule has 0 spiro atoms. The van der Waals surface area contributed by atoms with Crippen LogP contribution in [0.3, 0.4) is 0 Å². The molecule has 3 heterocycles. The van der Waals surface area contributed by atoms with Gasteiger partial charge in [-0.3, -0.25) is 9.59 Å². The third kappa shape index (κ3) is 4.80. The lowest BCUT2D eigenvalue weighted by atomic mass is 9.75. The van der Waals surface area contributed by atoms with Crippen molar-refractivity contribution in [3.05, 3.63) is 41.4 Å². The highest BCUT2D eigenvalue weighted by atomic mass is 19.4. The number of oxazole rings is 1. The van der Waals surface area contributed by atoms with Gasteiger partial charge in [-0.15, -0.1) is 0 Å². The lowest BCUT2D eigenvalue weighted by Gasteiger charge is -2.43. The molecule has 3 aromatic rings. The smallest absolute Gasteiger partial charge is 0.433 e. The zero-order valence-corrected chi connectivity index (χ0v) is 21.2. The molecule has 1 atom stereocenters. The van der Waals surface area contributed by atoms with Gasteiger partial charge in [-0.1, -0.05) is 0 Å². The highest BCUT2D eigenvalue weighted by Crippen LogP contribution is 2.38. The molecule has 1 saturated carbocycles. The molecule has 1 aromatic carbocycles. The van der Waals surface area contributed by atoms with Gasteiger partial charge in [0.1, 0.15) is 22.5 Å². The summed E-state index contributed by atoms with van der Waals surface area (Å²) in [5.41, 5.74) is 3.82. The van der Waals surface area contributed by atoms with Crippen molar-refractivity contribution in [3.8, 4) is 17.2 Å². The van der Waals surface area contributed by atoms with E-state index in [9.17, 15) is 27.9 Å². The number of likely N-dealkylation sites (tertiary alicyclic amines) is 1. The van der Waals surface area contributed by atoms with Crippen LogP contribution in [0.1, 0.15) is 60.1 Å². The monoisotopic (exact) mass is 547 g/mol. The zero-order valence-electron chi connectivity index (χ0n) is 21.2. The molecular formula is C26H28F3N5O5. The van der Waals surface area contributed by atoms with Crippen LogP contribution >= 0.6 is 0 Å². The molecule has 0 radical (unpaired) electrons. The zero-order chi connectivity index (χ0) is 27.9. The Kier molecular flexibility index (Phi) is 6.97. The van der Waals surface area contributed by atoms with Crippen molar-refractivity contribution in [2.75, 3.05) is 26.8 Å². The van der Waals surface area contributed by atoms with Gasteiger partial charge in [-0.2, -0.15) is 13.2 Å². The summed E-state index contributed by atoms with van der Waals surface area (Å²) in [6, 6.07) is 3.86. The molecule has 2 aromatic heterocycles. The second-order valence-electron chi connectivity index (χ2n) is 9.82. The maximum Gasteiger partial charge on any atom is 0.433 e. The summed E-state index contributed by atoms with van der Waals surface area (Å²) in [7, 11) is 1.31. The Balaban J connectivity index is 1.55. The van der Waals surface area contributed by atoms with Gasteiger partial charge >= 0.3 is 6.18 Å². The number of alkyl halides is 3. The van der Waals surface area contributed by atoms with E-state index < -0.39 is 36.0 Å². The molecule has 10 nitrogen and oxygen atoms in total. The predicted octanol–water partition coefficient (Wildman–Crippen LogP) is 3.18. The number of aliphatic hydroxyl groups excluding tert-OH is 1. The summed E-state index contributed by atoms with van der Waals surface area (Å²) in [5.74, 6) is -0.946. The van der Waals surface area contributed by atoms with E-state index in [4.69, 9.17) is 14.9 Å². The molecule has 0 unspecified atom stereocenters. The van der Waals surface area contributed by atoms with Gasteiger partial charge in [0.15, 0.2) is 11.5 Å². The summed E-state index contributed by atoms with van der Waals surface area (Å²) < 4.78 is 51.0. The Morgan fingerprint density at radius 3 is 2.49 bits per heavy atom. The van der Waals surface area contributed by atoms with Crippen LogP contribution in [0.4, 0.5) is 13.2 Å². The summed E-state index contributed by atoms with van der Waals surface area (Å²) in [5, 5.41) is 12.8. The maximum atomic E-state index is 13.5. The lowest BCUT2D eigenvalue weighted by molar-refractivity contribution is -0.141. The number of nitrogens with one attached hydrogen (secondary N) is 1. The minimum Gasteiger partial charge on any atom is -0.494 e. The average Bonchev–Trinajstić information content (AvgIpc) is 3.59. The average molecular weight is 548 g/mol. The predicted molar refractivity (Wildman–Crippen MR) is 133 cm³/mol. The topological polar surface area (TPSA) is 144 Å². The summed E-state index contributed by atoms with van der Waals surface area (Å²) in [4.78, 5) is 36.5. The normalized spacial score (nSPS) is 17.6. The second kappa shape index (κ2) is 10.1. The Bertz CT molecular complexity index is 1410. The number of aliphatic hydroxyl groups is 1. The molecule has 1 aliphatic heterocycles. The first kappa shape index (κ1) is 26.9. The standard InChI is InChI=1S/C26H28F3N5O5/c1-38-17-7-5-15(14-6-8-18(26(27,28)29)31-19(14)17)23-32-20(21(39-23)16(30)13-35)22(36)33-25(9-4-10-25)24(37)34-11-2-3-12-34/h5-8,16,35H,2-4,9-13,30H2,1H3,(H,33,36)/t16-/m0/s1. The number of halogens is 3. The van der Waals surface area contributed by atoms with Crippen LogP contribution < -0.4 is 15.8 Å². The van der Waals surface area contributed by atoms with Crippen LogP contribution in [-0.2, 0) is 11.0 Å². The van der Waals surface area contributed by atoms with Crippen molar-refractivity contribution in [1.29, 1.82) is 0 Å². The molecule has 1 saturated heterocycles. The number of carbonyl (C=O) groups excluding carboxylic acids is 2. The summed E-state index contributed by atoms with van der Waals surface area (Å²) >= 11 is 0. The van der Waals surface area contributed by atoms with Crippen LogP contribution in [0.5, 0.6) is 5.75 Å². The molecule has 208 valence electrons. The number of nitrogens with zero attached hydrogens (tertiary/aromatic N) is 3. The first-order valence-electron chi connectivity index (χ1n) is 12.6. The van der Waals surface area contributed by atoms with Crippen molar-refractivity contribution >= 4 is 22.7 Å². The van der Waals surface area contributed by atoms with Crippen molar-refractivity contribution in [3.63, 3.8) is 0 Å². The molecule has 0 bridgehead atoms. The van der Waals surface area contributed by atoms with Crippen LogP contribution in [0, 0.1) is 0 Å². The number of fused-ring (bicyclic) bond motifs is 1. The summed E-state index contributed by atoms with van der Waals surface area (Å²) in [6.45, 7) is 0.715. The van der Waals surface area contributed by atoms with E-state index in [0.29, 0.717) is 25.9 Å². The van der Waals surface area contributed by atoms with Crippen LogP contribution in [0.25, 0.3) is 22.4 Å². The molecule has 1 aliphatic carbocycles. The number of hydrogen-bond acceptors (Lipinski definition) is 8. The van der Waals surface area contributed by atoms with E-state index in [2.05, 4.69) is 15.3 Å². The van der Waals surface area contributed by atoms with E-state index in [1.165, 1.54) is 25.3 Å². The SMILES string of the molecule is COc1ccc(-c2nc(C(=O)NC3(C(=O)N4CCCC4)CCC3)c([C@@H](N)CO)o2)c2ccc(C(F)(F)F)nc12. The fourth-order valence-electron chi connectivity index (χ4n) is 5.07. The molecular weight excluding hydrogens is 519 g/mol. The molecule has 13 heteroatoms. The number of nitrogens with two attached hydrogens (primary N) is 1. The molecule has 2 fully saturated rings. The van der Waals surface area contributed by atoms with Crippen LogP contribution in [0.15, 0.2) is 28.7 Å². The van der Waals surface area contributed by atoms with Gasteiger partial charge in [0.25, 0.3) is 5.91 Å². The maximum absolute atomic E-state index is 13.5. The first-order valence-corrected chi connectivity index (χ1v) is 12.6. The van der Waals surface area contributed by atoms with Gasteiger partial charge < -0.3 is 30.2 Å². The van der Waals surface area contributed by atoms with Crippen LogP contribution in [0.2, 0.25) is 0 Å². The number of hydrogen-bond donors (Lipinski definition) is 3. The Morgan fingerprint density at radius 1 is 1.18 bits per heavy atom. The van der Waals surface area contributed by atoms with E-state index in [1.54, 1.807) is 4.90 Å². The Labute approximate surface area is 221 Å². The lowest BCUT2D eigenvalue weighted by Crippen LogP contribution is -2.63. The fourth-order valence-corrected chi connectivity index (χ4v) is 5.07. The van der Waals surface area contributed by atoms with Crippen molar-refractivity contribution in [2.45, 2.75) is 49.9 Å². The van der Waals surface area contributed by atoms with E-state index in [1.807, 2.05) is 0 Å². The van der Waals surface area contributed by atoms with Gasteiger partial charge in [0, 0.05) is 24.0 Å². The number of methoxy groups -OCH3 is 1. The quantitative estimate of drug-likeness (QED) is 0.409. The van der Waals surface area contributed by atoms with Gasteiger partial charge in [0.05, 0.1) is 19.8 Å². The first-order chi connectivity index (χ1) is 18.6. The Hall–Kier alpha value is -3.71. The van der Waals surface area contributed by atoms with Crippen LogP contribution in [-0.4, -0.2) is 64.1 Å². The molecule has 2 amide bonds. The largest absolute Gasteiger partial charge is 0.494 e. The minimum atomic E-state index is -4.67. The third-order valence-corrected chi connectivity index (χ3v) is 7.33. The number of pyridine rings is 1. The molecule has 39 heavy (non-hydrogen) atoms.